The minimum atomic E-state index is 0.104. The van der Waals surface area contributed by atoms with Crippen molar-refractivity contribution in [3.63, 3.8) is 0 Å². The molecular formula is C20H17N3O2. The highest BCUT2D eigenvalue weighted by Crippen LogP contribution is 2.26. The summed E-state index contributed by atoms with van der Waals surface area (Å²) in [5.41, 5.74) is 3.20. The van der Waals surface area contributed by atoms with Crippen LogP contribution in [0.4, 0.5) is 17.1 Å². The molecule has 0 bridgehead atoms. The molecule has 5 heteroatoms. The topological polar surface area (TPSA) is 66.5 Å². The van der Waals surface area contributed by atoms with Crippen LogP contribution in [-0.2, 0) is 0 Å². The monoisotopic (exact) mass is 331 g/mol. The Labute approximate surface area is 146 Å². The van der Waals surface area contributed by atoms with Crippen molar-refractivity contribution in [2.75, 3.05) is 7.11 Å². The van der Waals surface area contributed by atoms with Gasteiger partial charge in [0, 0.05) is 6.21 Å². The predicted octanol–water partition coefficient (Wildman–Crippen LogP) is 5.57. The van der Waals surface area contributed by atoms with E-state index in [-0.39, 0.29) is 5.75 Å². The number of aliphatic imine (C=N–C) groups is 1. The van der Waals surface area contributed by atoms with E-state index < -0.39 is 0 Å². The molecule has 0 amide bonds. The van der Waals surface area contributed by atoms with E-state index in [1.807, 2.05) is 54.6 Å². The Morgan fingerprint density at radius 3 is 2.12 bits per heavy atom. The molecule has 0 saturated carbocycles. The number of rotatable bonds is 5. The van der Waals surface area contributed by atoms with Crippen LogP contribution in [0.2, 0.25) is 0 Å². The maximum atomic E-state index is 9.59. The quantitative estimate of drug-likeness (QED) is 0.491. The molecule has 0 unspecified atom stereocenters. The van der Waals surface area contributed by atoms with Crippen molar-refractivity contribution >= 4 is 23.3 Å². The van der Waals surface area contributed by atoms with Gasteiger partial charge in [-0.2, -0.15) is 10.2 Å². The zero-order valence-electron chi connectivity index (χ0n) is 13.7. The van der Waals surface area contributed by atoms with Gasteiger partial charge in [0.15, 0.2) is 11.5 Å². The third-order valence-electron chi connectivity index (χ3n) is 3.45. The van der Waals surface area contributed by atoms with Crippen LogP contribution in [0.15, 0.2) is 88.0 Å². The van der Waals surface area contributed by atoms with Crippen molar-refractivity contribution < 1.29 is 9.84 Å². The largest absolute Gasteiger partial charge is 0.504 e. The van der Waals surface area contributed by atoms with Crippen LogP contribution < -0.4 is 4.74 Å². The lowest BCUT2D eigenvalue weighted by atomic mass is 10.2. The summed E-state index contributed by atoms with van der Waals surface area (Å²) in [6, 6.07) is 22.1. The first-order chi connectivity index (χ1) is 12.2. The fourth-order valence-electron chi connectivity index (χ4n) is 2.14. The first kappa shape index (κ1) is 16.4. The molecule has 0 fully saturated rings. The van der Waals surface area contributed by atoms with E-state index in [4.69, 9.17) is 4.74 Å². The molecule has 3 aromatic rings. The number of benzene rings is 3. The maximum Gasteiger partial charge on any atom is 0.161 e. The highest BCUT2D eigenvalue weighted by atomic mass is 16.5. The molecule has 124 valence electrons. The molecule has 0 heterocycles. The number of azo groups is 1. The smallest absolute Gasteiger partial charge is 0.161 e. The second-order valence-corrected chi connectivity index (χ2v) is 5.24. The Bertz CT molecular complexity index is 889. The van der Waals surface area contributed by atoms with Gasteiger partial charge in [-0.1, -0.05) is 18.2 Å². The second kappa shape index (κ2) is 7.88. The van der Waals surface area contributed by atoms with Gasteiger partial charge in [0.25, 0.3) is 0 Å². The molecule has 0 atom stereocenters. The zero-order valence-corrected chi connectivity index (χ0v) is 13.7. The Hall–Kier alpha value is -3.47. The zero-order chi connectivity index (χ0) is 17.5. The summed E-state index contributed by atoms with van der Waals surface area (Å²) in [7, 11) is 1.51. The Balaban J connectivity index is 1.69. The summed E-state index contributed by atoms with van der Waals surface area (Å²) < 4.78 is 5.08. The molecule has 3 aromatic carbocycles. The lowest BCUT2D eigenvalue weighted by Gasteiger charge is -2.03. The minimum absolute atomic E-state index is 0.104. The first-order valence-corrected chi connectivity index (χ1v) is 7.72. The van der Waals surface area contributed by atoms with E-state index in [1.165, 1.54) is 7.11 Å². The van der Waals surface area contributed by atoms with Gasteiger partial charge in [-0.3, -0.25) is 4.99 Å². The number of hydrogen-bond donors (Lipinski definition) is 1. The van der Waals surface area contributed by atoms with E-state index in [0.717, 1.165) is 22.6 Å². The summed E-state index contributed by atoms with van der Waals surface area (Å²) in [4.78, 5) is 4.41. The van der Waals surface area contributed by atoms with Gasteiger partial charge >= 0.3 is 0 Å². The van der Waals surface area contributed by atoms with Gasteiger partial charge in [-0.25, -0.2) is 0 Å². The molecule has 0 saturated heterocycles. The Morgan fingerprint density at radius 2 is 1.44 bits per heavy atom. The Morgan fingerprint density at radius 1 is 0.800 bits per heavy atom. The molecule has 25 heavy (non-hydrogen) atoms. The minimum Gasteiger partial charge on any atom is -0.504 e. The normalized spacial score (nSPS) is 11.2. The van der Waals surface area contributed by atoms with Gasteiger partial charge in [-0.15, -0.1) is 0 Å². The number of phenols is 1. The van der Waals surface area contributed by atoms with E-state index in [2.05, 4.69) is 15.2 Å². The lowest BCUT2D eigenvalue weighted by Crippen LogP contribution is -1.86. The standard InChI is InChI=1S/C20H17N3O2/c1-25-20-13-15(7-12-19(20)24)14-21-16-8-10-18(11-9-16)23-22-17-5-3-2-4-6-17/h2-14,24H,1H3/b21-14?,23-22+. The SMILES string of the molecule is COc1cc(C=Nc2ccc(/N=N/c3ccccc3)cc2)ccc1O. The van der Waals surface area contributed by atoms with Gasteiger partial charge in [0.05, 0.1) is 24.2 Å². The van der Waals surface area contributed by atoms with Crippen molar-refractivity contribution in [2.45, 2.75) is 0 Å². The molecule has 5 nitrogen and oxygen atoms in total. The van der Waals surface area contributed by atoms with Crippen molar-refractivity contribution in [3.8, 4) is 11.5 Å². The van der Waals surface area contributed by atoms with Crippen molar-refractivity contribution in [2.24, 2.45) is 15.2 Å². The average molecular weight is 331 g/mol. The van der Waals surface area contributed by atoms with Crippen LogP contribution in [0.1, 0.15) is 5.56 Å². The molecular weight excluding hydrogens is 314 g/mol. The van der Waals surface area contributed by atoms with Crippen molar-refractivity contribution in [3.05, 3.63) is 78.4 Å². The lowest BCUT2D eigenvalue weighted by molar-refractivity contribution is 0.373. The molecule has 0 aliphatic rings. The summed E-state index contributed by atoms with van der Waals surface area (Å²) >= 11 is 0. The number of nitrogens with zero attached hydrogens (tertiary/aromatic N) is 3. The number of methoxy groups -OCH3 is 1. The number of phenolic OH excluding ortho intramolecular Hbond substituents is 1. The summed E-state index contributed by atoms with van der Waals surface area (Å²) in [6.07, 6.45) is 1.71. The molecule has 0 spiro atoms. The second-order valence-electron chi connectivity index (χ2n) is 5.24. The van der Waals surface area contributed by atoms with E-state index in [0.29, 0.717) is 5.75 Å². The van der Waals surface area contributed by atoms with Crippen LogP contribution in [0, 0.1) is 0 Å². The summed E-state index contributed by atoms with van der Waals surface area (Å²) in [6.45, 7) is 0. The molecule has 0 aromatic heterocycles. The highest BCUT2D eigenvalue weighted by Gasteiger charge is 2.00. The maximum absolute atomic E-state index is 9.59. The van der Waals surface area contributed by atoms with Crippen molar-refractivity contribution in [1.82, 2.24) is 0 Å². The number of hydrogen-bond acceptors (Lipinski definition) is 5. The van der Waals surface area contributed by atoms with Gasteiger partial charge < -0.3 is 9.84 Å². The fourth-order valence-corrected chi connectivity index (χ4v) is 2.14. The number of ether oxygens (including phenoxy) is 1. The molecule has 1 N–H and O–H groups in total. The molecule has 0 aliphatic carbocycles. The van der Waals surface area contributed by atoms with Gasteiger partial charge in [-0.05, 0) is 60.2 Å². The highest BCUT2D eigenvalue weighted by molar-refractivity contribution is 5.83. The van der Waals surface area contributed by atoms with Gasteiger partial charge in [0.2, 0.25) is 0 Å². The van der Waals surface area contributed by atoms with E-state index in [9.17, 15) is 5.11 Å². The average Bonchev–Trinajstić information content (AvgIpc) is 2.67. The summed E-state index contributed by atoms with van der Waals surface area (Å²) in [5.74, 6) is 0.522. The third-order valence-corrected chi connectivity index (χ3v) is 3.45. The van der Waals surface area contributed by atoms with Crippen LogP contribution in [-0.4, -0.2) is 18.4 Å². The van der Waals surface area contributed by atoms with Crippen LogP contribution in [0.5, 0.6) is 11.5 Å². The van der Waals surface area contributed by atoms with E-state index >= 15 is 0 Å². The number of aromatic hydroxyl groups is 1. The third kappa shape index (κ3) is 4.51. The van der Waals surface area contributed by atoms with Crippen LogP contribution >= 0.6 is 0 Å². The predicted molar refractivity (Wildman–Crippen MR) is 99.0 cm³/mol. The van der Waals surface area contributed by atoms with E-state index in [1.54, 1.807) is 24.4 Å². The molecule has 0 radical (unpaired) electrons. The van der Waals surface area contributed by atoms with Gasteiger partial charge in [0.1, 0.15) is 0 Å². The van der Waals surface area contributed by atoms with Crippen LogP contribution in [0.25, 0.3) is 0 Å². The Kier molecular flexibility index (Phi) is 5.16. The van der Waals surface area contributed by atoms with Crippen molar-refractivity contribution in [1.29, 1.82) is 0 Å². The fraction of sp³-hybridized carbons (Fsp3) is 0.0500. The molecule has 3 rings (SSSR count). The molecule has 0 aliphatic heterocycles. The summed E-state index contributed by atoms with van der Waals surface area (Å²) in [5, 5.41) is 18.0. The van der Waals surface area contributed by atoms with Crippen LogP contribution in [0.3, 0.4) is 0 Å². The first-order valence-electron chi connectivity index (χ1n) is 7.72.